The van der Waals surface area contributed by atoms with Gasteiger partial charge in [0.1, 0.15) is 11.4 Å². The summed E-state index contributed by atoms with van der Waals surface area (Å²) in [6.07, 6.45) is 8.21. The maximum Gasteiger partial charge on any atom is 0.145 e. The van der Waals surface area contributed by atoms with Crippen molar-refractivity contribution >= 4 is 39.7 Å². The van der Waals surface area contributed by atoms with E-state index in [4.69, 9.17) is 4.74 Å². The van der Waals surface area contributed by atoms with Crippen molar-refractivity contribution in [3.63, 3.8) is 0 Å². The number of hydrogen-bond donors (Lipinski definition) is 3. The highest BCUT2D eigenvalue weighted by Gasteiger charge is 2.41. The molecule has 37 heavy (non-hydrogen) atoms. The van der Waals surface area contributed by atoms with Gasteiger partial charge in [-0.2, -0.15) is 11.8 Å². The van der Waals surface area contributed by atoms with Gasteiger partial charge >= 0.3 is 0 Å². The molecule has 7 rings (SSSR count). The first-order chi connectivity index (χ1) is 18.2. The van der Waals surface area contributed by atoms with Gasteiger partial charge < -0.3 is 25.0 Å². The molecule has 2 aliphatic heterocycles. The fourth-order valence-corrected chi connectivity index (χ4v) is 7.42. The van der Waals surface area contributed by atoms with Gasteiger partial charge in [0.2, 0.25) is 0 Å². The molecule has 7 heteroatoms. The van der Waals surface area contributed by atoms with Crippen LogP contribution in [0.5, 0.6) is 5.75 Å². The maximum absolute atomic E-state index is 10.3. The molecule has 4 heterocycles. The Balaban J connectivity index is 1.18. The number of ether oxygens (including phenoxy) is 1. The van der Waals surface area contributed by atoms with E-state index in [2.05, 4.69) is 68.8 Å². The highest BCUT2D eigenvalue weighted by Crippen LogP contribution is 2.44. The Bertz CT molecular complexity index is 1440. The molecule has 1 spiro atoms. The monoisotopic (exact) mass is 512 g/mol. The number of H-pyrrole nitrogens is 1. The van der Waals surface area contributed by atoms with E-state index in [1.165, 1.54) is 22.2 Å². The first-order valence-electron chi connectivity index (χ1n) is 13.3. The molecule has 3 N–H and O–H groups in total. The van der Waals surface area contributed by atoms with Crippen molar-refractivity contribution in [3.8, 4) is 5.75 Å². The third-order valence-electron chi connectivity index (χ3n) is 8.19. The number of rotatable bonds is 5. The van der Waals surface area contributed by atoms with Gasteiger partial charge in [-0.05, 0) is 79.0 Å². The summed E-state index contributed by atoms with van der Waals surface area (Å²) in [5.74, 6) is 3.26. The van der Waals surface area contributed by atoms with Crippen LogP contribution in [0.1, 0.15) is 42.2 Å². The summed E-state index contributed by atoms with van der Waals surface area (Å²) in [7, 11) is 0. The number of thioether (sulfide) groups is 1. The minimum Gasteiger partial charge on any atom is -0.483 e. The van der Waals surface area contributed by atoms with Crippen molar-refractivity contribution in [1.82, 2.24) is 9.97 Å². The third kappa shape index (κ3) is 4.24. The SMILES string of the molecule is O[C@@H]1CCc2c(Nc3ccc4c(c3)OC3(CCSCC3)CN4CCc3c[nH]c4ccccc34)ccnc21. The van der Waals surface area contributed by atoms with Crippen molar-refractivity contribution in [3.05, 3.63) is 77.7 Å². The summed E-state index contributed by atoms with van der Waals surface area (Å²) in [6, 6.07) is 17.1. The molecule has 1 atom stereocenters. The zero-order valence-corrected chi connectivity index (χ0v) is 21.7. The van der Waals surface area contributed by atoms with Crippen LogP contribution in [0.15, 0.2) is 60.9 Å². The number of para-hydroxylation sites is 1. The number of nitrogens with zero attached hydrogens (tertiary/aromatic N) is 2. The molecule has 1 aliphatic carbocycles. The van der Waals surface area contributed by atoms with Crippen molar-refractivity contribution in [2.45, 2.75) is 43.8 Å². The molecule has 1 fully saturated rings. The van der Waals surface area contributed by atoms with E-state index in [1.54, 1.807) is 6.20 Å². The standard InChI is InChI=1S/C30H32N4O2S/c35-27-8-6-23-25(9-13-31-29(23)27)33-21-5-7-26-28(17-21)36-30(11-15-37-16-12-30)19-34(26)14-10-20-18-32-24-4-2-1-3-22(20)24/h1-5,7,9,13,17-18,27,32,35H,6,8,10-12,14-16,19H2,(H,31,33)/t27-/m1/s1. The van der Waals surface area contributed by atoms with Crippen LogP contribution in [0.3, 0.4) is 0 Å². The van der Waals surface area contributed by atoms with Crippen LogP contribution in [0.25, 0.3) is 10.9 Å². The predicted molar refractivity (Wildman–Crippen MR) is 151 cm³/mol. The van der Waals surface area contributed by atoms with Crippen molar-refractivity contribution in [2.75, 3.05) is 34.8 Å². The van der Waals surface area contributed by atoms with Crippen molar-refractivity contribution in [2.24, 2.45) is 0 Å². The molecule has 0 amide bonds. The van der Waals surface area contributed by atoms with Gasteiger partial charge in [0.25, 0.3) is 0 Å². The average molecular weight is 513 g/mol. The largest absolute Gasteiger partial charge is 0.483 e. The third-order valence-corrected chi connectivity index (χ3v) is 9.17. The lowest BCUT2D eigenvalue weighted by Gasteiger charge is -2.46. The molecule has 0 unspecified atom stereocenters. The molecule has 2 aromatic heterocycles. The second-order valence-electron chi connectivity index (χ2n) is 10.5. The van der Waals surface area contributed by atoms with E-state index in [1.807, 2.05) is 17.8 Å². The fourth-order valence-electron chi connectivity index (χ4n) is 6.18. The summed E-state index contributed by atoms with van der Waals surface area (Å²) in [6.45, 7) is 1.89. The quantitative estimate of drug-likeness (QED) is 0.305. The molecule has 4 aromatic rings. The lowest BCUT2D eigenvalue weighted by atomic mass is 9.93. The maximum atomic E-state index is 10.3. The van der Waals surface area contributed by atoms with Gasteiger partial charge in [0.15, 0.2) is 0 Å². The number of hydrogen-bond acceptors (Lipinski definition) is 6. The second-order valence-corrected chi connectivity index (χ2v) is 11.7. The Morgan fingerprint density at radius 1 is 1.16 bits per heavy atom. The van der Waals surface area contributed by atoms with Crippen molar-refractivity contribution in [1.29, 1.82) is 0 Å². The topological polar surface area (TPSA) is 73.4 Å². The number of aromatic nitrogens is 2. The number of benzene rings is 2. The number of aliphatic hydroxyl groups excluding tert-OH is 1. The number of aliphatic hydroxyl groups is 1. The lowest BCUT2D eigenvalue weighted by Crippen LogP contribution is -2.53. The van der Waals surface area contributed by atoms with Gasteiger partial charge in [-0.25, -0.2) is 0 Å². The summed E-state index contributed by atoms with van der Waals surface area (Å²) >= 11 is 2.03. The minimum atomic E-state index is -0.460. The van der Waals surface area contributed by atoms with E-state index in [0.717, 1.165) is 85.1 Å². The van der Waals surface area contributed by atoms with Crippen LogP contribution in [0.2, 0.25) is 0 Å². The van der Waals surface area contributed by atoms with Gasteiger partial charge in [0, 0.05) is 47.3 Å². The van der Waals surface area contributed by atoms with Crippen LogP contribution >= 0.6 is 11.8 Å². The van der Waals surface area contributed by atoms with E-state index in [9.17, 15) is 5.11 Å². The van der Waals surface area contributed by atoms with Crippen LogP contribution in [0, 0.1) is 0 Å². The Kier molecular flexibility index (Phi) is 5.78. The minimum absolute atomic E-state index is 0.126. The Morgan fingerprint density at radius 2 is 2.05 bits per heavy atom. The Hall–Kier alpha value is -3.16. The number of pyridine rings is 1. The van der Waals surface area contributed by atoms with Crippen LogP contribution in [-0.2, 0) is 12.8 Å². The lowest BCUT2D eigenvalue weighted by molar-refractivity contribution is 0.0573. The smallest absolute Gasteiger partial charge is 0.145 e. The summed E-state index contributed by atoms with van der Waals surface area (Å²) < 4.78 is 6.83. The normalized spacial score (nSPS) is 20.0. The molecule has 190 valence electrons. The highest BCUT2D eigenvalue weighted by molar-refractivity contribution is 7.99. The first-order valence-corrected chi connectivity index (χ1v) is 14.5. The van der Waals surface area contributed by atoms with Crippen LogP contribution in [0.4, 0.5) is 17.1 Å². The van der Waals surface area contributed by atoms with Crippen LogP contribution in [-0.4, -0.2) is 45.3 Å². The second kappa shape index (κ2) is 9.30. The van der Waals surface area contributed by atoms with Crippen molar-refractivity contribution < 1.29 is 9.84 Å². The summed E-state index contributed by atoms with van der Waals surface area (Å²) in [5.41, 5.74) is 7.57. The van der Waals surface area contributed by atoms with E-state index in [-0.39, 0.29) is 5.60 Å². The molecular formula is C30H32N4O2S. The van der Waals surface area contributed by atoms with E-state index >= 15 is 0 Å². The zero-order valence-electron chi connectivity index (χ0n) is 20.9. The first kappa shape index (κ1) is 23.0. The van der Waals surface area contributed by atoms with Gasteiger partial charge in [-0.15, -0.1) is 0 Å². The Labute approximate surface area is 221 Å². The summed E-state index contributed by atoms with van der Waals surface area (Å²) in [4.78, 5) is 10.4. The van der Waals surface area contributed by atoms with Gasteiger partial charge in [0.05, 0.1) is 24.0 Å². The van der Waals surface area contributed by atoms with Gasteiger partial charge in [-0.1, -0.05) is 18.2 Å². The highest BCUT2D eigenvalue weighted by atomic mass is 32.2. The molecule has 2 aromatic carbocycles. The predicted octanol–water partition coefficient (Wildman–Crippen LogP) is 5.99. The number of anilines is 3. The average Bonchev–Trinajstić information content (AvgIpc) is 3.51. The number of nitrogens with one attached hydrogen (secondary N) is 2. The molecular weight excluding hydrogens is 480 g/mol. The molecule has 0 radical (unpaired) electrons. The number of fused-ring (bicyclic) bond motifs is 3. The molecule has 0 bridgehead atoms. The fraction of sp³-hybridized carbons (Fsp3) is 0.367. The van der Waals surface area contributed by atoms with Gasteiger partial charge in [-0.3, -0.25) is 4.98 Å². The summed E-state index contributed by atoms with van der Waals surface area (Å²) in [5, 5.41) is 15.2. The zero-order chi connectivity index (χ0) is 24.8. The molecule has 0 saturated carbocycles. The molecule has 1 saturated heterocycles. The van der Waals surface area contributed by atoms with Crippen LogP contribution < -0.4 is 15.0 Å². The number of aromatic amines is 1. The molecule has 3 aliphatic rings. The molecule has 6 nitrogen and oxygen atoms in total. The van der Waals surface area contributed by atoms with E-state index in [0.29, 0.717) is 0 Å². The van der Waals surface area contributed by atoms with E-state index < -0.39 is 6.10 Å². The Morgan fingerprint density at radius 3 is 2.97 bits per heavy atom.